The van der Waals surface area contributed by atoms with Gasteiger partial charge in [0.2, 0.25) is 0 Å². The van der Waals surface area contributed by atoms with Crippen LogP contribution < -0.4 is 14.5 Å². The van der Waals surface area contributed by atoms with Crippen LogP contribution in [0.3, 0.4) is 0 Å². The predicted octanol–water partition coefficient (Wildman–Crippen LogP) is 11.7. The molecule has 0 saturated heterocycles. The molecule has 0 N–H and O–H groups in total. The summed E-state index contributed by atoms with van der Waals surface area (Å²) in [5.74, 6) is 2.09. The van der Waals surface area contributed by atoms with Crippen molar-refractivity contribution in [1.29, 1.82) is 0 Å². The van der Waals surface area contributed by atoms with Crippen LogP contribution in [-0.2, 0) is 31.9 Å². The van der Waals surface area contributed by atoms with Crippen LogP contribution in [0.4, 0.5) is 11.4 Å². The molecule has 5 nitrogen and oxygen atoms in total. The van der Waals surface area contributed by atoms with Crippen LogP contribution in [0.5, 0.6) is 11.5 Å². The molecular weight excluding hydrogens is 820 g/mol. The Morgan fingerprint density at radius 3 is 2.13 bits per heavy atom. The van der Waals surface area contributed by atoms with Crippen LogP contribution >= 0.6 is 0 Å². The number of benzene rings is 5. The maximum Gasteiger partial charge on any atom is 0.135 e. The van der Waals surface area contributed by atoms with Gasteiger partial charge in [-0.2, -0.15) is 12.1 Å². The van der Waals surface area contributed by atoms with E-state index in [1.165, 1.54) is 22.3 Å². The fraction of sp³-hybridized carbons (Fsp3) is 0.174. The summed E-state index contributed by atoms with van der Waals surface area (Å²) in [5, 5.41) is 2.25. The topological polar surface area (TPSA) is 33.5 Å². The molecule has 8 rings (SSSR count). The fourth-order valence-corrected chi connectivity index (χ4v) is 6.58. The predicted molar refractivity (Wildman–Crippen MR) is 210 cm³/mol. The van der Waals surface area contributed by atoms with Crippen LogP contribution in [0.15, 0.2) is 134 Å². The number of hydrogen-bond acceptors (Lipinski definition) is 4. The largest absolute Gasteiger partial charge is 0.509 e. The first kappa shape index (κ1) is 35.3. The molecule has 264 valence electrons. The van der Waals surface area contributed by atoms with Crippen molar-refractivity contribution in [2.24, 2.45) is 0 Å². The van der Waals surface area contributed by atoms with Gasteiger partial charge < -0.3 is 19.1 Å². The van der Waals surface area contributed by atoms with E-state index in [-0.39, 0.29) is 31.9 Å². The molecular formula is C46H41N4OPt-3. The van der Waals surface area contributed by atoms with Gasteiger partial charge in [-0.15, -0.1) is 48.1 Å². The molecule has 0 bridgehead atoms. The molecule has 7 aromatic rings. The third kappa shape index (κ3) is 6.90. The van der Waals surface area contributed by atoms with Crippen molar-refractivity contribution in [1.82, 2.24) is 9.55 Å². The summed E-state index contributed by atoms with van der Waals surface area (Å²) in [4.78, 5) is 9.03. The molecule has 1 aliphatic rings. The number of rotatable bonds is 6. The summed E-state index contributed by atoms with van der Waals surface area (Å²) < 4.78 is 8.64. The summed E-state index contributed by atoms with van der Waals surface area (Å²) in [6.07, 6.45) is 6.03. The zero-order valence-corrected chi connectivity index (χ0v) is 32.6. The molecule has 0 spiro atoms. The van der Waals surface area contributed by atoms with E-state index in [1.807, 2.05) is 30.5 Å². The molecule has 52 heavy (non-hydrogen) atoms. The first-order valence-electron chi connectivity index (χ1n) is 17.4. The summed E-state index contributed by atoms with van der Waals surface area (Å²) in [6, 6.07) is 47.2. The van der Waals surface area contributed by atoms with Gasteiger partial charge >= 0.3 is 0 Å². The Balaban J connectivity index is 0.00000420. The minimum Gasteiger partial charge on any atom is -0.509 e. The van der Waals surface area contributed by atoms with Crippen molar-refractivity contribution >= 4 is 33.2 Å². The Labute approximate surface area is 321 Å². The van der Waals surface area contributed by atoms with E-state index in [0.29, 0.717) is 11.5 Å². The van der Waals surface area contributed by atoms with E-state index in [2.05, 4.69) is 178 Å². The molecule has 0 saturated carbocycles. The Kier molecular flexibility index (Phi) is 9.35. The smallest absolute Gasteiger partial charge is 0.135 e. The number of pyridine rings is 1. The van der Waals surface area contributed by atoms with Crippen LogP contribution in [0.25, 0.3) is 38.8 Å². The normalized spacial score (nSPS) is 13.2. The van der Waals surface area contributed by atoms with Gasteiger partial charge in [0, 0.05) is 50.0 Å². The molecule has 6 heteroatoms. The molecule has 0 amide bonds. The molecule has 5 aromatic carbocycles. The first-order valence-corrected chi connectivity index (χ1v) is 17.4. The van der Waals surface area contributed by atoms with Gasteiger partial charge in [0.25, 0.3) is 0 Å². The van der Waals surface area contributed by atoms with Crippen molar-refractivity contribution in [2.45, 2.75) is 52.4 Å². The van der Waals surface area contributed by atoms with Crippen LogP contribution in [0.2, 0.25) is 0 Å². The molecule has 0 atom stereocenters. The van der Waals surface area contributed by atoms with E-state index < -0.39 is 0 Å². The summed E-state index contributed by atoms with van der Waals surface area (Å²) in [6.45, 7) is 15.5. The van der Waals surface area contributed by atoms with Gasteiger partial charge in [-0.1, -0.05) is 102 Å². The summed E-state index contributed by atoms with van der Waals surface area (Å²) in [5.41, 5.74) is 8.89. The maximum atomic E-state index is 6.46. The zero-order chi connectivity index (χ0) is 35.3. The quantitative estimate of drug-likeness (QED) is 0.156. The first-order chi connectivity index (χ1) is 24.5. The third-order valence-electron chi connectivity index (χ3n) is 9.47. The van der Waals surface area contributed by atoms with Gasteiger partial charge in [0.1, 0.15) is 5.82 Å². The molecule has 0 radical (unpaired) electrons. The molecule has 3 heterocycles. The van der Waals surface area contributed by atoms with Crippen molar-refractivity contribution in [3.05, 3.63) is 164 Å². The number of ether oxygens (including phenoxy) is 1. The Hall–Kier alpha value is -5.12. The van der Waals surface area contributed by atoms with Crippen molar-refractivity contribution in [3.63, 3.8) is 0 Å². The maximum absolute atomic E-state index is 6.46. The minimum atomic E-state index is -0.00412. The SMILES string of the molecule is CC(C)(C)c1cc(-c2ccccc2)cc(N2C=CN(c3[c-]c(Oc4[c-]c5c(cc4)c4ccccc4n5-c4cc(C(C)(C)C)ccn4)ccc3)[CH-]2)c1.[Pt]. The van der Waals surface area contributed by atoms with Crippen LogP contribution in [-0.4, -0.2) is 9.55 Å². The number of nitrogens with zero attached hydrogens (tertiary/aromatic N) is 4. The van der Waals surface area contributed by atoms with Gasteiger partial charge in [0.05, 0.1) is 0 Å². The van der Waals surface area contributed by atoms with Gasteiger partial charge in [-0.05, 0) is 81.2 Å². The Bertz CT molecular complexity index is 2420. The Morgan fingerprint density at radius 1 is 0.615 bits per heavy atom. The monoisotopic (exact) mass is 860 g/mol. The molecule has 0 unspecified atom stereocenters. The van der Waals surface area contributed by atoms with Gasteiger partial charge in [-0.25, -0.2) is 4.98 Å². The average Bonchev–Trinajstić information content (AvgIpc) is 3.75. The van der Waals surface area contributed by atoms with Crippen molar-refractivity contribution in [3.8, 4) is 28.4 Å². The van der Waals surface area contributed by atoms with Crippen molar-refractivity contribution in [2.75, 3.05) is 9.80 Å². The fourth-order valence-electron chi connectivity index (χ4n) is 6.58. The van der Waals surface area contributed by atoms with Gasteiger partial charge in [-0.3, -0.25) is 0 Å². The molecule has 0 fully saturated rings. The molecule has 0 aliphatic carbocycles. The average molecular weight is 861 g/mol. The van der Waals surface area contributed by atoms with Gasteiger partial charge in [0.15, 0.2) is 0 Å². The Morgan fingerprint density at radius 2 is 1.35 bits per heavy atom. The third-order valence-corrected chi connectivity index (χ3v) is 9.47. The summed E-state index contributed by atoms with van der Waals surface area (Å²) in [7, 11) is 0. The zero-order valence-electron chi connectivity index (χ0n) is 30.3. The molecule has 1 aliphatic heterocycles. The second-order valence-electron chi connectivity index (χ2n) is 15.2. The second-order valence-corrected chi connectivity index (χ2v) is 15.2. The molecule has 2 aromatic heterocycles. The number of para-hydroxylation sites is 1. The van der Waals surface area contributed by atoms with E-state index in [0.717, 1.165) is 39.0 Å². The number of fused-ring (bicyclic) bond motifs is 3. The number of hydrogen-bond donors (Lipinski definition) is 0. The van der Waals surface area contributed by atoms with E-state index >= 15 is 0 Å². The van der Waals surface area contributed by atoms with Crippen LogP contribution in [0, 0.1) is 18.8 Å². The van der Waals surface area contributed by atoms with Crippen LogP contribution in [0.1, 0.15) is 52.7 Å². The number of anilines is 2. The van der Waals surface area contributed by atoms with Crippen molar-refractivity contribution < 1.29 is 25.8 Å². The number of aromatic nitrogens is 2. The van der Waals surface area contributed by atoms with E-state index in [9.17, 15) is 0 Å². The van der Waals surface area contributed by atoms with E-state index in [1.54, 1.807) is 0 Å². The summed E-state index contributed by atoms with van der Waals surface area (Å²) >= 11 is 0. The standard InChI is InChI=1S/C46H41N4O.Pt/c1-45(2,3)34-21-22-47-44(28-34)50-42-18-11-10-17-40(42)41-20-19-39(30-43(41)50)51-38-16-12-15-36(29-38)48-23-24-49(31-48)37-26-33(32-13-8-7-9-14-32)25-35(27-37)46(4,5)6;/h7-28,31H,1-6H3;/q-3;. The minimum absolute atomic E-state index is 0. The van der Waals surface area contributed by atoms with E-state index in [4.69, 9.17) is 9.72 Å². The second kappa shape index (κ2) is 13.8.